The number of rotatable bonds is 3. The van der Waals surface area contributed by atoms with Crippen molar-refractivity contribution in [2.24, 2.45) is 0 Å². The third kappa shape index (κ3) is 3.64. The van der Waals surface area contributed by atoms with E-state index in [0.29, 0.717) is 5.69 Å². The summed E-state index contributed by atoms with van der Waals surface area (Å²) in [6, 6.07) is 7.82. The van der Waals surface area contributed by atoms with Gasteiger partial charge in [-0.2, -0.15) is 13.2 Å². The van der Waals surface area contributed by atoms with Crippen molar-refractivity contribution in [1.29, 1.82) is 0 Å². The Bertz CT molecular complexity index is 617. The molecular weight excluding hydrogens is 357 g/mol. The first kappa shape index (κ1) is 15.1. The zero-order chi connectivity index (χ0) is 14.8. The van der Waals surface area contributed by atoms with Gasteiger partial charge in [0.1, 0.15) is 5.82 Å². The Hall–Kier alpha value is -1.27. The minimum absolute atomic E-state index is 0.243. The van der Waals surface area contributed by atoms with Crippen LogP contribution in [0.15, 0.2) is 41.0 Å². The van der Waals surface area contributed by atoms with E-state index in [4.69, 9.17) is 11.6 Å². The highest BCUT2D eigenvalue weighted by molar-refractivity contribution is 9.10. The number of hydrogen-bond acceptors (Lipinski definition) is 2. The van der Waals surface area contributed by atoms with Gasteiger partial charge in [-0.15, -0.1) is 11.6 Å². The molecule has 1 N–H and O–H groups in total. The van der Waals surface area contributed by atoms with Crippen LogP contribution < -0.4 is 5.32 Å². The standard InChI is InChI=1S/C13H9BrClF3N2/c14-9-5-11(13(16,17)18)12(19-7-9)20-10-3-1-2-8(4-10)6-15/h1-5,7H,6H2,(H,19,20). The lowest BCUT2D eigenvalue weighted by molar-refractivity contribution is -0.137. The third-order valence-corrected chi connectivity index (χ3v) is 3.25. The van der Waals surface area contributed by atoms with Crippen molar-refractivity contribution in [1.82, 2.24) is 4.98 Å². The first-order valence-electron chi connectivity index (χ1n) is 5.55. The second kappa shape index (κ2) is 6.01. The number of pyridine rings is 1. The topological polar surface area (TPSA) is 24.9 Å². The quantitative estimate of drug-likeness (QED) is 0.742. The molecule has 0 aliphatic rings. The molecule has 0 atom stereocenters. The van der Waals surface area contributed by atoms with Crippen molar-refractivity contribution in [3.05, 3.63) is 52.1 Å². The molecule has 0 saturated carbocycles. The van der Waals surface area contributed by atoms with Crippen molar-refractivity contribution in [2.75, 3.05) is 5.32 Å². The van der Waals surface area contributed by atoms with Crippen molar-refractivity contribution in [3.8, 4) is 0 Å². The van der Waals surface area contributed by atoms with E-state index < -0.39 is 11.7 Å². The number of nitrogens with zero attached hydrogens (tertiary/aromatic N) is 1. The molecule has 0 aliphatic carbocycles. The largest absolute Gasteiger partial charge is 0.420 e. The van der Waals surface area contributed by atoms with Crippen LogP contribution in [-0.2, 0) is 12.1 Å². The smallest absolute Gasteiger partial charge is 0.340 e. The molecule has 2 aromatic rings. The Morgan fingerprint density at radius 3 is 2.65 bits per heavy atom. The van der Waals surface area contributed by atoms with Crippen molar-refractivity contribution >= 4 is 39.0 Å². The predicted octanol–water partition coefficient (Wildman–Crippen LogP) is 5.35. The first-order valence-corrected chi connectivity index (χ1v) is 6.87. The summed E-state index contributed by atoms with van der Waals surface area (Å²) in [6.07, 6.45) is -3.17. The molecule has 0 fully saturated rings. The van der Waals surface area contributed by atoms with Crippen LogP contribution in [0, 0.1) is 0 Å². The van der Waals surface area contributed by atoms with Crippen LogP contribution in [-0.4, -0.2) is 4.98 Å². The van der Waals surface area contributed by atoms with E-state index in [1.165, 1.54) is 6.20 Å². The zero-order valence-corrected chi connectivity index (χ0v) is 12.4. The fourth-order valence-corrected chi connectivity index (χ4v) is 2.12. The van der Waals surface area contributed by atoms with Crippen molar-refractivity contribution in [3.63, 3.8) is 0 Å². The summed E-state index contributed by atoms with van der Waals surface area (Å²) >= 11 is 8.69. The van der Waals surface area contributed by atoms with Gasteiger partial charge in [0.25, 0.3) is 0 Å². The van der Waals surface area contributed by atoms with Gasteiger partial charge in [-0.25, -0.2) is 4.98 Å². The fraction of sp³-hybridized carbons (Fsp3) is 0.154. The van der Waals surface area contributed by atoms with Gasteiger partial charge in [0.05, 0.1) is 5.56 Å². The van der Waals surface area contributed by atoms with Gasteiger partial charge in [0, 0.05) is 22.2 Å². The molecular formula is C13H9BrClF3N2. The second-order valence-corrected chi connectivity index (χ2v) is 5.19. The van der Waals surface area contributed by atoms with Gasteiger partial charge >= 0.3 is 6.18 Å². The average Bonchev–Trinajstić information content (AvgIpc) is 2.40. The van der Waals surface area contributed by atoms with Gasteiger partial charge in [0.15, 0.2) is 0 Å². The molecule has 2 nitrogen and oxygen atoms in total. The number of hydrogen-bond donors (Lipinski definition) is 1. The van der Waals surface area contributed by atoms with Gasteiger partial charge in [0.2, 0.25) is 0 Å². The molecule has 2 rings (SSSR count). The van der Waals surface area contributed by atoms with Crippen LogP contribution in [0.1, 0.15) is 11.1 Å². The summed E-state index contributed by atoms with van der Waals surface area (Å²) in [6.45, 7) is 0. The van der Waals surface area contributed by atoms with E-state index in [2.05, 4.69) is 26.2 Å². The lowest BCUT2D eigenvalue weighted by Gasteiger charge is -2.14. The van der Waals surface area contributed by atoms with Crippen LogP contribution in [0.4, 0.5) is 24.7 Å². The SMILES string of the molecule is FC(F)(F)c1cc(Br)cnc1Nc1cccc(CCl)c1. The van der Waals surface area contributed by atoms with Gasteiger partial charge < -0.3 is 5.32 Å². The molecule has 1 aromatic carbocycles. The molecule has 1 heterocycles. The zero-order valence-electron chi connectivity index (χ0n) is 10.0. The number of aromatic nitrogens is 1. The van der Waals surface area contributed by atoms with Crippen molar-refractivity contribution in [2.45, 2.75) is 12.1 Å². The monoisotopic (exact) mass is 364 g/mol. The number of alkyl halides is 4. The van der Waals surface area contributed by atoms with Crippen LogP contribution in [0.3, 0.4) is 0 Å². The van der Waals surface area contributed by atoms with Crippen LogP contribution in [0.2, 0.25) is 0 Å². The Morgan fingerprint density at radius 1 is 1.25 bits per heavy atom. The highest BCUT2D eigenvalue weighted by Crippen LogP contribution is 2.36. The number of halogens is 5. The molecule has 0 spiro atoms. The Balaban J connectivity index is 2.38. The summed E-state index contributed by atoms with van der Waals surface area (Å²) in [5, 5.41) is 2.67. The van der Waals surface area contributed by atoms with Gasteiger partial charge in [-0.3, -0.25) is 0 Å². The lowest BCUT2D eigenvalue weighted by atomic mass is 10.2. The fourth-order valence-electron chi connectivity index (χ4n) is 1.62. The summed E-state index contributed by atoms with van der Waals surface area (Å²) in [7, 11) is 0. The number of nitrogens with one attached hydrogen (secondary N) is 1. The number of anilines is 2. The molecule has 0 radical (unpaired) electrons. The first-order chi connectivity index (χ1) is 9.40. The van der Waals surface area contributed by atoms with Crippen LogP contribution in [0.25, 0.3) is 0 Å². The summed E-state index contributed by atoms with van der Waals surface area (Å²) in [5.74, 6) is 0.0440. The summed E-state index contributed by atoms with van der Waals surface area (Å²) < 4.78 is 39.1. The van der Waals surface area contributed by atoms with E-state index >= 15 is 0 Å². The maximum Gasteiger partial charge on any atom is 0.420 e. The molecule has 106 valence electrons. The molecule has 7 heteroatoms. The van der Waals surface area contributed by atoms with E-state index in [9.17, 15) is 13.2 Å². The minimum atomic E-state index is -4.48. The van der Waals surface area contributed by atoms with E-state index in [-0.39, 0.29) is 16.2 Å². The molecule has 0 aliphatic heterocycles. The van der Waals surface area contributed by atoms with E-state index in [1.807, 2.05) is 0 Å². The van der Waals surface area contributed by atoms with E-state index in [0.717, 1.165) is 11.6 Å². The Kier molecular flexibility index (Phi) is 4.55. The summed E-state index contributed by atoms with van der Waals surface area (Å²) in [5.41, 5.74) is 0.481. The third-order valence-electron chi connectivity index (χ3n) is 2.50. The summed E-state index contributed by atoms with van der Waals surface area (Å²) in [4.78, 5) is 3.78. The lowest BCUT2D eigenvalue weighted by Crippen LogP contribution is -2.10. The Labute approximate surface area is 127 Å². The second-order valence-electron chi connectivity index (χ2n) is 4.01. The van der Waals surface area contributed by atoms with Crippen LogP contribution >= 0.6 is 27.5 Å². The highest BCUT2D eigenvalue weighted by atomic mass is 79.9. The van der Waals surface area contributed by atoms with E-state index in [1.54, 1.807) is 24.3 Å². The maximum absolute atomic E-state index is 13.0. The van der Waals surface area contributed by atoms with Crippen molar-refractivity contribution < 1.29 is 13.2 Å². The Morgan fingerprint density at radius 2 is 2.00 bits per heavy atom. The predicted molar refractivity (Wildman–Crippen MR) is 76.2 cm³/mol. The highest BCUT2D eigenvalue weighted by Gasteiger charge is 2.34. The normalized spacial score (nSPS) is 11.4. The number of benzene rings is 1. The minimum Gasteiger partial charge on any atom is -0.340 e. The van der Waals surface area contributed by atoms with Crippen LogP contribution in [0.5, 0.6) is 0 Å². The molecule has 0 amide bonds. The molecule has 0 bridgehead atoms. The average molecular weight is 366 g/mol. The molecule has 1 aromatic heterocycles. The molecule has 0 unspecified atom stereocenters. The molecule has 20 heavy (non-hydrogen) atoms. The van der Waals surface area contributed by atoms with Gasteiger partial charge in [-0.1, -0.05) is 12.1 Å². The van der Waals surface area contributed by atoms with Gasteiger partial charge in [-0.05, 0) is 39.7 Å². The molecule has 0 saturated heterocycles. The maximum atomic E-state index is 13.0.